The summed E-state index contributed by atoms with van der Waals surface area (Å²) in [4.78, 5) is 110. The zero-order chi connectivity index (χ0) is 63.9. The van der Waals surface area contributed by atoms with Gasteiger partial charge in [-0.1, -0.05) is 97.3 Å². The lowest BCUT2D eigenvalue weighted by Crippen LogP contribution is -2.61. The van der Waals surface area contributed by atoms with E-state index in [-0.39, 0.29) is 37.8 Å². The fraction of sp³-hybridized carbons (Fsp3) is 0.816. The van der Waals surface area contributed by atoms with Crippen molar-refractivity contribution in [1.29, 1.82) is 0 Å². The minimum atomic E-state index is -3.20. The number of alkyl carbamates (subject to hydrolysis) is 1. The molecular formula is C49H78Cl6F4N6O17. The molecule has 0 aromatic heterocycles. The summed E-state index contributed by atoms with van der Waals surface area (Å²) in [5.74, 6) is -7.91. The fourth-order valence-corrected chi connectivity index (χ4v) is 7.22. The molecule has 2 heterocycles. The average Bonchev–Trinajstić information content (AvgIpc) is 3.31. The van der Waals surface area contributed by atoms with Crippen molar-refractivity contribution in [2.75, 3.05) is 39.5 Å². The first-order valence-electron chi connectivity index (χ1n) is 25.6. The molecule has 2 aliphatic rings. The molecule has 33 heteroatoms. The fourth-order valence-electron chi connectivity index (χ4n) is 6.89. The molecule has 0 aliphatic carbocycles. The number of rotatable bonds is 22. The number of amides is 4. The number of esters is 4. The Balaban J connectivity index is 0.00000130. The van der Waals surface area contributed by atoms with E-state index in [1.54, 1.807) is 90.0 Å². The smallest absolute Gasteiger partial charge is 0.408 e. The topological polar surface area (TPSA) is 293 Å². The van der Waals surface area contributed by atoms with Gasteiger partial charge in [-0.25, -0.2) is 15.6 Å². The van der Waals surface area contributed by atoms with Crippen LogP contribution in [0.15, 0.2) is 0 Å². The number of carbonyl (C=O) groups excluding carboxylic acids is 8. The van der Waals surface area contributed by atoms with E-state index in [9.17, 15) is 60.7 Å². The van der Waals surface area contributed by atoms with E-state index >= 15 is 0 Å². The molecule has 2 rings (SSSR count). The maximum Gasteiger partial charge on any atom is 0.408 e. The molecule has 476 valence electrons. The van der Waals surface area contributed by atoms with Crippen molar-refractivity contribution in [2.45, 2.75) is 190 Å². The third-order valence-electron chi connectivity index (χ3n) is 10.5. The maximum atomic E-state index is 13.2. The zero-order valence-electron chi connectivity index (χ0n) is 47.9. The van der Waals surface area contributed by atoms with E-state index in [1.807, 2.05) is 0 Å². The number of hydrogen-bond donors (Lipinski definition) is 5. The van der Waals surface area contributed by atoms with E-state index in [0.717, 1.165) is 10.0 Å². The minimum Gasteiger partial charge on any atom is -0.481 e. The highest BCUT2D eigenvalue weighted by atomic mass is 35.6. The predicted molar refractivity (Wildman–Crippen MR) is 292 cm³/mol. The molecule has 2 aliphatic heterocycles. The molecule has 5 N–H and O–H groups in total. The highest BCUT2D eigenvalue weighted by Crippen LogP contribution is 2.28. The number of ether oxygens (including phenoxy) is 7. The van der Waals surface area contributed by atoms with Crippen LogP contribution < -0.4 is 21.5 Å². The van der Waals surface area contributed by atoms with Gasteiger partial charge >= 0.3 is 49.2 Å². The summed E-state index contributed by atoms with van der Waals surface area (Å²) < 4.78 is 80.5. The maximum absolute atomic E-state index is 13.2. The van der Waals surface area contributed by atoms with Gasteiger partial charge in [0, 0.05) is 13.1 Å². The summed E-state index contributed by atoms with van der Waals surface area (Å²) in [5, 5.41) is 15.5. The number of nitrogens with one attached hydrogen (secondary N) is 4. The van der Waals surface area contributed by atoms with E-state index in [2.05, 4.69) is 31.0 Å². The zero-order valence-corrected chi connectivity index (χ0v) is 52.4. The van der Waals surface area contributed by atoms with Crippen LogP contribution in [-0.2, 0) is 71.5 Å². The Hall–Kier alpha value is -3.67. The van der Waals surface area contributed by atoms with Crippen molar-refractivity contribution in [2.24, 2.45) is 23.7 Å². The summed E-state index contributed by atoms with van der Waals surface area (Å²) in [5.41, 5.74) is 3.08. The minimum absolute atomic E-state index is 0.0652. The lowest BCUT2D eigenvalue weighted by Gasteiger charge is -2.35. The van der Waals surface area contributed by atoms with Gasteiger partial charge in [0.15, 0.2) is 0 Å². The number of nitrogens with zero attached hydrogens (tertiary/aromatic N) is 2. The monoisotopic (exact) mass is 1310 g/mol. The van der Waals surface area contributed by atoms with Crippen molar-refractivity contribution in [3.05, 3.63) is 0 Å². The number of carbonyl (C=O) groups is 9. The standard InChI is InChI=1S/C22H34Cl3F2N3O7.C16H24Cl3F2N3O6.C11H20O4/c1-12(2)13(9-16(31)37-21(3,4)5)17(32)28-15(10-35-20(26)27)18(33)30-8-6-7-14(29-30)19(34)36-11-22(23,24)25;1-15(2,3)30-14(27)22-10(7-28-13(20)21)11(25)24-6-4-5-9(23-24)12(26)29-8-16(17,18)19;1-7(2)8(10(13)14)6-9(12)15-11(3,4)5/h12-15,20,29H,6-11H2,1-5H3,(H,28,32);9-10,13,23H,4-8H2,1-3H3,(H,22,27);7-8H,6H2,1-5H3,(H,13,14)/t13-,14-,15-;9-,10-;8-/m000/s1. The first kappa shape index (κ1) is 78.3. The quantitative estimate of drug-likeness (QED) is 0.0300. The van der Waals surface area contributed by atoms with Crippen LogP contribution in [0.5, 0.6) is 0 Å². The van der Waals surface area contributed by atoms with Gasteiger partial charge in [0.05, 0.1) is 37.9 Å². The van der Waals surface area contributed by atoms with Gasteiger partial charge in [-0.2, -0.15) is 17.6 Å². The van der Waals surface area contributed by atoms with Gasteiger partial charge in [-0.15, -0.1) is 0 Å². The van der Waals surface area contributed by atoms with Crippen LogP contribution in [0.1, 0.15) is 129 Å². The second kappa shape index (κ2) is 35.7. The molecule has 0 aromatic carbocycles. The summed E-state index contributed by atoms with van der Waals surface area (Å²) >= 11 is 33.3. The molecular weight excluding hydrogens is 1230 g/mol. The highest BCUT2D eigenvalue weighted by Gasteiger charge is 2.39. The number of carboxylic acid groups (broad SMARTS) is 1. The normalized spacial score (nSPS) is 17.6. The van der Waals surface area contributed by atoms with Crippen LogP contribution in [0.2, 0.25) is 0 Å². The highest BCUT2D eigenvalue weighted by molar-refractivity contribution is 6.68. The summed E-state index contributed by atoms with van der Waals surface area (Å²) in [7, 11) is 0. The van der Waals surface area contributed by atoms with Crippen molar-refractivity contribution in [3.8, 4) is 0 Å². The third kappa shape index (κ3) is 36.2. The molecule has 23 nitrogen and oxygen atoms in total. The van der Waals surface area contributed by atoms with Crippen LogP contribution in [0, 0.1) is 23.7 Å². The summed E-state index contributed by atoms with van der Waals surface area (Å²) in [6.45, 7) is 13.3. The Labute approximate surface area is 504 Å². The lowest BCUT2D eigenvalue weighted by atomic mass is 9.91. The van der Waals surface area contributed by atoms with Crippen molar-refractivity contribution < 1.29 is 99.0 Å². The number of alkyl halides is 10. The van der Waals surface area contributed by atoms with Crippen LogP contribution in [0.25, 0.3) is 0 Å². The molecule has 0 saturated carbocycles. The van der Waals surface area contributed by atoms with Crippen molar-refractivity contribution >= 4 is 123 Å². The van der Waals surface area contributed by atoms with E-state index in [1.165, 1.54) is 0 Å². The average molecular weight is 1310 g/mol. The Morgan fingerprint density at radius 2 is 0.902 bits per heavy atom. The molecule has 0 aromatic rings. The van der Waals surface area contributed by atoms with E-state index < -0.39 is 154 Å². The second-order valence-corrected chi connectivity index (χ2v) is 27.2. The van der Waals surface area contributed by atoms with Crippen molar-refractivity contribution in [3.63, 3.8) is 0 Å². The van der Waals surface area contributed by atoms with Gasteiger partial charge in [0.2, 0.25) is 13.5 Å². The molecule has 0 radical (unpaired) electrons. The molecule has 4 amide bonds. The number of aliphatic carboxylic acids is 1. The molecule has 0 spiro atoms. The van der Waals surface area contributed by atoms with Gasteiger partial charge in [-0.3, -0.25) is 48.4 Å². The van der Waals surface area contributed by atoms with Gasteiger partial charge < -0.3 is 48.9 Å². The van der Waals surface area contributed by atoms with Gasteiger partial charge in [0.25, 0.3) is 11.8 Å². The Morgan fingerprint density at radius 3 is 1.21 bits per heavy atom. The van der Waals surface area contributed by atoms with Gasteiger partial charge in [0.1, 0.15) is 54.2 Å². The van der Waals surface area contributed by atoms with Crippen LogP contribution in [0.4, 0.5) is 22.4 Å². The van der Waals surface area contributed by atoms with Gasteiger partial charge in [-0.05, 0) is 99.8 Å². The SMILES string of the molecule is CC(C)(C)OC(=O)N[C@@H](COC(F)F)C(=O)N1CCC[C@@H](C(=O)OCC(Cl)(Cl)Cl)N1.CC(C)[C@H](CC(=O)OC(C)(C)C)C(=O)N[C@@H](COC(F)F)C(=O)N1CCC[C@@H](C(=O)OCC(Cl)(Cl)Cl)N1.CC(C)[C@H](CC(=O)OC(C)(C)C)C(=O)O. The predicted octanol–water partition coefficient (Wildman–Crippen LogP) is 7.73. The van der Waals surface area contributed by atoms with Crippen LogP contribution in [-0.4, -0.2) is 170 Å². The largest absolute Gasteiger partial charge is 0.481 e. The Morgan fingerprint density at radius 1 is 0.561 bits per heavy atom. The van der Waals surface area contributed by atoms with Crippen molar-refractivity contribution in [1.82, 2.24) is 31.5 Å². The summed E-state index contributed by atoms with van der Waals surface area (Å²) in [6.07, 6.45) is 0.0189. The molecule has 6 atom stereocenters. The third-order valence-corrected chi connectivity index (χ3v) is 11.1. The second-order valence-electron chi connectivity index (χ2n) is 22.1. The molecule has 2 saturated heterocycles. The first-order valence-corrected chi connectivity index (χ1v) is 27.8. The van der Waals surface area contributed by atoms with Crippen LogP contribution in [0.3, 0.4) is 0 Å². The summed E-state index contributed by atoms with van der Waals surface area (Å²) in [6, 6.07) is -4.94. The Kier molecular flexibility index (Phi) is 34.1. The molecule has 2 fully saturated rings. The first-order chi connectivity index (χ1) is 37.2. The number of halogens is 10. The van der Waals surface area contributed by atoms with Crippen LogP contribution >= 0.6 is 69.6 Å². The molecule has 82 heavy (non-hydrogen) atoms. The number of hydrazine groups is 2. The van der Waals surface area contributed by atoms with E-state index in [0.29, 0.717) is 25.7 Å². The lowest BCUT2D eigenvalue weighted by molar-refractivity contribution is -0.161. The number of hydrogen-bond acceptors (Lipinski definition) is 18. The Bertz CT molecular complexity index is 2090. The molecule has 0 unspecified atom stereocenters. The molecule has 0 bridgehead atoms. The van der Waals surface area contributed by atoms with E-state index in [4.69, 9.17) is 98.4 Å². The number of carboxylic acids is 1.